The molecule has 4 fully saturated rings. The number of nitrogens with one attached hydrogen (secondary N) is 3. The third kappa shape index (κ3) is 5.93. The molecular weight excluding hydrogens is 324 g/mol. The zero-order valence-corrected chi connectivity index (χ0v) is 16.5. The van der Waals surface area contributed by atoms with Gasteiger partial charge in [-0.25, -0.2) is 0 Å². The molecule has 0 aliphatic heterocycles. The topological polar surface area (TPSA) is 79.2 Å². The van der Waals surface area contributed by atoms with Crippen molar-refractivity contribution in [1.29, 1.82) is 0 Å². The van der Waals surface area contributed by atoms with Gasteiger partial charge in [0.2, 0.25) is 5.91 Å². The smallest absolute Gasteiger partial charge is 0.220 e. The molecule has 5 heteroatoms. The molecule has 4 saturated carbocycles. The minimum absolute atomic E-state index is 0.302. The van der Waals surface area contributed by atoms with Crippen molar-refractivity contribution in [2.24, 2.45) is 28.9 Å². The van der Waals surface area contributed by atoms with Gasteiger partial charge in [0.05, 0.1) is 0 Å². The van der Waals surface area contributed by atoms with Crippen LogP contribution in [0.2, 0.25) is 0 Å². The summed E-state index contributed by atoms with van der Waals surface area (Å²) in [6.45, 7) is 5.67. The lowest BCUT2D eigenvalue weighted by atomic mass is 9.49. The summed E-state index contributed by atoms with van der Waals surface area (Å²) in [6.07, 6.45) is 12.3. The zero-order valence-electron chi connectivity index (χ0n) is 16.5. The standard InChI is InChI=1S/C21H40N4O/c22-4-1-5-23-6-2-7-24-8-3-9-25-20(26)16-21-13-17-10-18(14-21)12-19(11-17)15-21/h17-19,23-24H,1-16,22H2,(H,25,26). The Morgan fingerprint density at radius 3 is 1.85 bits per heavy atom. The highest BCUT2D eigenvalue weighted by Gasteiger charge is 2.51. The first kappa shape index (κ1) is 20.1. The molecule has 4 bridgehead atoms. The van der Waals surface area contributed by atoms with Crippen LogP contribution in [0.15, 0.2) is 0 Å². The summed E-state index contributed by atoms with van der Waals surface area (Å²) in [7, 11) is 0. The Morgan fingerprint density at radius 2 is 1.31 bits per heavy atom. The van der Waals surface area contributed by atoms with Gasteiger partial charge in [0, 0.05) is 13.0 Å². The summed E-state index contributed by atoms with van der Waals surface area (Å²) in [4.78, 5) is 12.4. The van der Waals surface area contributed by atoms with Crippen molar-refractivity contribution in [2.75, 3.05) is 39.3 Å². The van der Waals surface area contributed by atoms with Crippen LogP contribution in [0.25, 0.3) is 0 Å². The van der Waals surface area contributed by atoms with Gasteiger partial charge in [-0.2, -0.15) is 0 Å². The molecule has 0 aromatic carbocycles. The lowest BCUT2D eigenvalue weighted by Gasteiger charge is -2.56. The first-order valence-electron chi connectivity index (χ1n) is 11.1. The third-order valence-electron chi connectivity index (χ3n) is 6.82. The van der Waals surface area contributed by atoms with E-state index in [9.17, 15) is 4.79 Å². The second kappa shape index (κ2) is 10.0. The van der Waals surface area contributed by atoms with Crippen molar-refractivity contribution in [3.63, 3.8) is 0 Å². The van der Waals surface area contributed by atoms with Crippen molar-refractivity contribution in [2.45, 2.75) is 64.2 Å². The van der Waals surface area contributed by atoms with E-state index in [0.29, 0.717) is 11.3 Å². The first-order chi connectivity index (χ1) is 12.7. The molecule has 0 unspecified atom stereocenters. The van der Waals surface area contributed by atoms with E-state index >= 15 is 0 Å². The van der Waals surface area contributed by atoms with E-state index in [-0.39, 0.29) is 0 Å². The largest absolute Gasteiger partial charge is 0.356 e. The van der Waals surface area contributed by atoms with Gasteiger partial charge in [0.1, 0.15) is 0 Å². The maximum absolute atomic E-state index is 12.4. The Labute approximate surface area is 159 Å². The zero-order chi connectivity index (χ0) is 18.2. The Bertz CT molecular complexity index is 404. The SMILES string of the molecule is NCCCNCCCNCCCNC(=O)CC12CC3CC(CC(C3)C1)C2. The van der Waals surface area contributed by atoms with E-state index in [1.54, 1.807) is 0 Å². The van der Waals surface area contributed by atoms with Gasteiger partial charge in [0.15, 0.2) is 0 Å². The van der Waals surface area contributed by atoms with Crippen LogP contribution in [-0.4, -0.2) is 45.2 Å². The fourth-order valence-corrected chi connectivity index (χ4v) is 6.17. The minimum atomic E-state index is 0.302. The van der Waals surface area contributed by atoms with Crippen LogP contribution in [0.1, 0.15) is 64.2 Å². The lowest BCUT2D eigenvalue weighted by molar-refractivity contribution is -0.129. The third-order valence-corrected chi connectivity index (χ3v) is 6.82. The predicted octanol–water partition coefficient (Wildman–Crippen LogP) is 2.02. The van der Waals surface area contributed by atoms with Crippen LogP contribution in [0.4, 0.5) is 0 Å². The van der Waals surface area contributed by atoms with Crippen LogP contribution in [0.5, 0.6) is 0 Å². The van der Waals surface area contributed by atoms with Crippen LogP contribution in [0, 0.1) is 23.2 Å². The van der Waals surface area contributed by atoms with Gasteiger partial charge in [-0.3, -0.25) is 4.79 Å². The summed E-state index contributed by atoms with van der Waals surface area (Å²) in [5.41, 5.74) is 5.83. The fourth-order valence-electron chi connectivity index (χ4n) is 6.17. The second-order valence-electron chi connectivity index (χ2n) is 9.29. The lowest BCUT2D eigenvalue weighted by Crippen LogP contribution is -2.48. The second-order valence-corrected chi connectivity index (χ2v) is 9.29. The maximum atomic E-state index is 12.4. The molecule has 5 nitrogen and oxygen atoms in total. The van der Waals surface area contributed by atoms with Gasteiger partial charge in [-0.15, -0.1) is 0 Å². The van der Waals surface area contributed by atoms with E-state index in [1.807, 2.05) is 0 Å². The molecule has 26 heavy (non-hydrogen) atoms. The van der Waals surface area contributed by atoms with E-state index in [0.717, 1.165) is 82.7 Å². The Balaban J connectivity index is 1.19. The normalized spacial score (nSPS) is 32.1. The van der Waals surface area contributed by atoms with E-state index in [4.69, 9.17) is 5.73 Å². The number of rotatable bonds is 13. The number of hydrogen-bond acceptors (Lipinski definition) is 4. The molecule has 4 aliphatic carbocycles. The number of carbonyl (C=O) groups is 1. The van der Waals surface area contributed by atoms with Crippen LogP contribution < -0.4 is 21.7 Å². The maximum Gasteiger partial charge on any atom is 0.220 e. The van der Waals surface area contributed by atoms with E-state index in [2.05, 4.69) is 16.0 Å². The van der Waals surface area contributed by atoms with Crippen molar-refractivity contribution in [1.82, 2.24) is 16.0 Å². The number of hydrogen-bond donors (Lipinski definition) is 4. The summed E-state index contributed by atoms with van der Waals surface area (Å²) < 4.78 is 0. The molecule has 4 rings (SSSR count). The van der Waals surface area contributed by atoms with E-state index < -0.39 is 0 Å². The fraction of sp³-hybridized carbons (Fsp3) is 0.952. The minimum Gasteiger partial charge on any atom is -0.356 e. The average molecular weight is 365 g/mol. The van der Waals surface area contributed by atoms with Gasteiger partial charge < -0.3 is 21.7 Å². The molecule has 1 amide bonds. The van der Waals surface area contributed by atoms with Crippen LogP contribution in [-0.2, 0) is 4.79 Å². The first-order valence-corrected chi connectivity index (χ1v) is 11.1. The monoisotopic (exact) mass is 364 g/mol. The van der Waals surface area contributed by atoms with E-state index in [1.165, 1.54) is 38.5 Å². The highest BCUT2D eigenvalue weighted by Crippen LogP contribution is 2.61. The molecule has 0 heterocycles. The number of carbonyl (C=O) groups excluding carboxylic acids is 1. The molecule has 0 atom stereocenters. The number of amides is 1. The molecule has 0 saturated heterocycles. The van der Waals surface area contributed by atoms with Gasteiger partial charge in [-0.1, -0.05) is 0 Å². The van der Waals surface area contributed by atoms with Gasteiger partial charge >= 0.3 is 0 Å². The molecular formula is C21H40N4O. The molecule has 5 N–H and O–H groups in total. The van der Waals surface area contributed by atoms with Crippen LogP contribution in [0.3, 0.4) is 0 Å². The summed E-state index contributed by atoms with van der Waals surface area (Å²) in [6, 6.07) is 0. The summed E-state index contributed by atoms with van der Waals surface area (Å²) in [5, 5.41) is 10.0. The summed E-state index contributed by atoms with van der Waals surface area (Å²) in [5.74, 6) is 3.10. The molecule has 0 spiro atoms. The van der Waals surface area contributed by atoms with Gasteiger partial charge in [-0.05, 0) is 114 Å². The van der Waals surface area contributed by atoms with Crippen LogP contribution >= 0.6 is 0 Å². The van der Waals surface area contributed by atoms with Crippen molar-refractivity contribution in [3.05, 3.63) is 0 Å². The Kier molecular flexibility index (Phi) is 7.77. The van der Waals surface area contributed by atoms with Crippen molar-refractivity contribution in [3.8, 4) is 0 Å². The molecule has 0 radical (unpaired) electrons. The molecule has 0 aromatic rings. The molecule has 150 valence electrons. The van der Waals surface area contributed by atoms with Crippen molar-refractivity contribution >= 4 is 5.91 Å². The number of nitrogens with two attached hydrogens (primary N) is 1. The average Bonchev–Trinajstić information content (AvgIpc) is 2.58. The highest BCUT2D eigenvalue weighted by atomic mass is 16.1. The van der Waals surface area contributed by atoms with Crippen molar-refractivity contribution < 1.29 is 4.79 Å². The molecule has 4 aliphatic rings. The Hall–Kier alpha value is -0.650. The van der Waals surface area contributed by atoms with Gasteiger partial charge in [0.25, 0.3) is 0 Å². The predicted molar refractivity (Wildman–Crippen MR) is 107 cm³/mol. The summed E-state index contributed by atoms with van der Waals surface area (Å²) >= 11 is 0. The quantitative estimate of drug-likeness (QED) is 0.377. The highest BCUT2D eigenvalue weighted by molar-refractivity contribution is 5.76. The Morgan fingerprint density at radius 1 is 0.808 bits per heavy atom. The molecule has 0 aromatic heterocycles.